The molecule has 0 fully saturated rings. The summed E-state index contributed by atoms with van der Waals surface area (Å²) < 4.78 is 7.42. The van der Waals surface area contributed by atoms with E-state index in [0.717, 1.165) is 11.4 Å². The number of pyridine rings is 1. The van der Waals surface area contributed by atoms with Crippen molar-refractivity contribution < 1.29 is 9.53 Å². The molecule has 0 unspecified atom stereocenters. The lowest BCUT2D eigenvalue weighted by Gasteiger charge is -2.06. The van der Waals surface area contributed by atoms with Crippen LogP contribution in [0.25, 0.3) is 5.65 Å². The summed E-state index contributed by atoms with van der Waals surface area (Å²) in [5, 5.41) is 5.16. The average molecular weight is 302 g/mol. The number of thiazole rings is 1. The van der Waals surface area contributed by atoms with E-state index in [1.54, 1.807) is 6.07 Å². The molecule has 6 nitrogen and oxygen atoms in total. The molecule has 0 saturated carbocycles. The predicted molar refractivity (Wildman–Crippen MR) is 80.9 cm³/mol. The molecule has 0 bridgehead atoms. The second kappa shape index (κ2) is 5.53. The Kier molecular flexibility index (Phi) is 3.57. The molecule has 3 heterocycles. The Hall–Kier alpha value is -2.41. The van der Waals surface area contributed by atoms with Gasteiger partial charge in [0.25, 0.3) is 5.91 Å². The molecule has 0 radical (unpaired) electrons. The van der Waals surface area contributed by atoms with E-state index in [0.29, 0.717) is 16.5 Å². The number of hydrogen-bond donors (Lipinski definition) is 1. The normalized spacial score (nSPS) is 10.8. The van der Waals surface area contributed by atoms with E-state index in [9.17, 15) is 4.79 Å². The quantitative estimate of drug-likeness (QED) is 0.803. The molecular formula is C14H14N4O2S. The van der Waals surface area contributed by atoms with Crippen molar-refractivity contribution in [2.24, 2.45) is 0 Å². The number of aromatic nitrogens is 3. The highest BCUT2D eigenvalue weighted by Crippen LogP contribution is 2.19. The van der Waals surface area contributed by atoms with Gasteiger partial charge in [0.15, 0.2) is 23.1 Å². The molecule has 108 valence electrons. The van der Waals surface area contributed by atoms with E-state index >= 15 is 0 Å². The van der Waals surface area contributed by atoms with Crippen molar-refractivity contribution in [2.75, 3.05) is 11.9 Å². The van der Waals surface area contributed by atoms with Gasteiger partial charge in [-0.2, -0.15) is 0 Å². The maximum atomic E-state index is 11.8. The van der Waals surface area contributed by atoms with Crippen LogP contribution >= 0.6 is 11.3 Å². The smallest absolute Gasteiger partial charge is 0.264 e. The van der Waals surface area contributed by atoms with E-state index in [1.165, 1.54) is 11.3 Å². The third kappa shape index (κ3) is 3.03. The number of hydrogen-bond acceptors (Lipinski definition) is 5. The van der Waals surface area contributed by atoms with Crippen molar-refractivity contribution in [1.82, 2.24) is 14.4 Å². The van der Waals surface area contributed by atoms with Crippen molar-refractivity contribution >= 4 is 28.0 Å². The minimum absolute atomic E-state index is 0.0792. The van der Waals surface area contributed by atoms with E-state index in [1.807, 2.05) is 42.1 Å². The van der Waals surface area contributed by atoms with Crippen LogP contribution in [-0.2, 0) is 4.79 Å². The second-order valence-electron chi connectivity index (χ2n) is 4.62. The number of aryl methyl sites for hydroxylation is 2. The van der Waals surface area contributed by atoms with Crippen LogP contribution in [-0.4, -0.2) is 26.9 Å². The number of nitrogens with one attached hydrogen (secondary N) is 1. The van der Waals surface area contributed by atoms with Gasteiger partial charge in [0, 0.05) is 17.8 Å². The third-order valence-electron chi connectivity index (χ3n) is 2.79. The number of anilines is 1. The molecule has 0 aromatic carbocycles. The zero-order chi connectivity index (χ0) is 14.8. The first kappa shape index (κ1) is 13.6. The van der Waals surface area contributed by atoms with Gasteiger partial charge in [-0.1, -0.05) is 0 Å². The van der Waals surface area contributed by atoms with Crippen LogP contribution in [0.15, 0.2) is 29.9 Å². The maximum absolute atomic E-state index is 11.8. The predicted octanol–water partition coefficient (Wildman–Crippen LogP) is 2.43. The monoisotopic (exact) mass is 302 g/mol. The van der Waals surface area contributed by atoms with Crippen LogP contribution in [0.2, 0.25) is 0 Å². The molecule has 3 aromatic rings. The number of rotatable bonds is 4. The summed E-state index contributed by atoms with van der Waals surface area (Å²) in [5.74, 6) is 0.339. The average Bonchev–Trinajstić information content (AvgIpc) is 3.01. The molecule has 7 heteroatoms. The van der Waals surface area contributed by atoms with Gasteiger partial charge in [-0.3, -0.25) is 10.1 Å². The summed E-state index contributed by atoms with van der Waals surface area (Å²) in [6.45, 7) is 3.71. The Morgan fingerprint density at radius 1 is 1.38 bits per heavy atom. The Morgan fingerprint density at radius 3 is 3.00 bits per heavy atom. The zero-order valence-corrected chi connectivity index (χ0v) is 12.5. The fourth-order valence-corrected chi connectivity index (χ4v) is 2.64. The Morgan fingerprint density at radius 2 is 2.24 bits per heavy atom. The van der Waals surface area contributed by atoms with Crippen LogP contribution in [0.1, 0.15) is 11.4 Å². The van der Waals surface area contributed by atoms with Crippen molar-refractivity contribution in [1.29, 1.82) is 0 Å². The molecule has 0 spiro atoms. The van der Waals surface area contributed by atoms with Gasteiger partial charge in [-0.15, -0.1) is 11.3 Å². The van der Waals surface area contributed by atoms with E-state index in [-0.39, 0.29) is 12.5 Å². The van der Waals surface area contributed by atoms with E-state index in [4.69, 9.17) is 4.74 Å². The van der Waals surface area contributed by atoms with Gasteiger partial charge in [0.1, 0.15) is 0 Å². The SMILES string of the molecule is Cc1csc(NC(=O)COc2cccn3cc(C)nc23)n1. The Balaban J connectivity index is 1.67. The lowest BCUT2D eigenvalue weighted by atomic mass is 10.4. The van der Waals surface area contributed by atoms with Gasteiger partial charge in [0.2, 0.25) is 0 Å². The van der Waals surface area contributed by atoms with Crippen molar-refractivity contribution in [3.63, 3.8) is 0 Å². The lowest BCUT2D eigenvalue weighted by Crippen LogP contribution is -2.20. The fourth-order valence-electron chi connectivity index (χ4n) is 1.93. The second-order valence-corrected chi connectivity index (χ2v) is 5.47. The maximum Gasteiger partial charge on any atom is 0.264 e. The Bertz CT molecular complexity index is 793. The number of imidazole rings is 1. The summed E-state index contributed by atoms with van der Waals surface area (Å²) in [6.07, 6.45) is 3.79. The molecule has 1 N–H and O–H groups in total. The van der Waals surface area contributed by atoms with Gasteiger partial charge in [0.05, 0.1) is 11.4 Å². The first-order chi connectivity index (χ1) is 10.1. The summed E-state index contributed by atoms with van der Waals surface area (Å²) in [4.78, 5) is 20.4. The molecule has 21 heavy (non-hydrogen) atoms. The van der Waals surface area contributed by atoms with Crippen molar-refractivity contribution in [3.8, 4) is 5.75 Å². The third-order valence-corrected chi connectivity index (χ3v) is 3.67. The minimum atomic E-state index is -0.241. The largest absolute Gasteiger partial charge is 0.480 e. The number of carbonyl (C=O) groups excluding carboxylic acids is 1. The molecule has 0 saturated heterocycles. The minimum Gasteiger partial charge on any atom is -0.480 e. The number of amides is 1. The fraction of sp³-hybridized carbons (Fsp3) is 0.214. The molecule has 3 aromatic heterocycles. The number of nitrogens with zero attached hydrogens (tertiary/aromatic N) is 3. The van der Waals surface area contributed by atoms with Crippen molar-refractivity contribution in [2.45, 2.75) is 13.8 Å². The first-order valence-corrected chi connectivity index (χ1v) is 7.29. The zero-order valence-electron chi connectivity index (χ0n) is 11.7. The Labute approximate surface area is 125 Å². The van der Waals surface area contributed by atoms with E-state index in [2.05, 4.69) is 15.3 Å². The highest BCUT2D eigenvalue weighted by Gasteiger charge is 2.09. The number of fused-ring (bicyclic) bond motifs is 1. The molecule has 0 aliphatic heterocycles. The van der Waals surface area contributed by atoms with Crippen LogP contribution in [0.4, 0.5) is 5.13 Å². The first-order valence-electron chi connectivity index (χ1n) is 6.41. The molecule has 0 aliphatic carbocycles. The number of ether oxygens (including phenoxy) is 1. The highest BCUT2D eigenvalue weighted by atomic mass is 32.1. The molecule has 0 aliphatic rings. The summed E-state index contributed by atoms with van der Waals surface area (Å²) in [5.41, 5.74) is 2.48. The van der Waals surface area contributed by atoms with Crippen LogP contribution in [0.3, 0.4) is 0 Å². The van der Waals surface area contributed by atoms with Crippen LogP contribution in [0, 0.1) is 13.8 Å². The summed E-state index contributed by atoms with van der Waals surface area (Å²) in [6, 6.07) is 3.65. The van der Waals surface area contributed by atoms with E-state index < -0.39 is 0 Å². The molecule has 0 atom stereocenters. The molecular weight excluding hydrogens is 288 g/mol. The van der Waals surface area contributed by atoms with Crippen molar-refractivity contribution in [3.05, 3.63) is 41.3 Å². The van der Waals surface area contributed by atoms with Gasteiger partial charge in [-0.25, -0.2) is 9.97 Å². The summed E-state index contributed by atoms with van der Waals surface area (Å²) >= 11 is 1.39. The number of carbonyl (C=O) groups is 1. The standard InChI is InChI=1S/C14H14N4O2S/c1-9-6-18-5-3-4-11(13(18)15-9)20-7-12(19)17-14-16-10(2)8-21-14/h3-6,8H,7H2,1-2H3,(H,16,17,19). The molecule has 3 rings (SSSR count). The summed E-state index contributed by atoms with van der Waals surface area (Å²) in [7, 11) is 0. The highest BCUT2D eigenvalue weighted by molar-refractivity contribution is 7.13. The lowest BCUT2D eigenvalue weighted by molar-refractivity contribution is -0.118. The van der Waals surface area contributed by atoms with Crippen LogP contribution in [0.5, 0.6) is 5.75 Å². The molecule has 1 amide bonds. The van der Waals surface area contributed by atoms with Gasteiger partial charge >= 0.3 is 0 Å². The van der Waals surface area contributed by atoms with Crippen LogP contribution < -0.4 is 10.1 Å². The van der Waals surface area contributed by atoms with Gasteiger partial charge < -0.3 is 9.14 Å². The van der Waals surface area contributed by atoms with Gasteiger partial charge in [-0.05, 0) is 26.0 Å². The topological polar surface area (TPSA) is 68.5 Å².